The van der Waals surface area contributed by atoms with Gasteiger partial charge >= 0.3 is 0 Å². The molecule has 1 heterocycles. The van der Waals surface area contributed by atoms with Gasteiger partial charge in [-0.3, -0.25) is 4.79 Å². The average molecular weight is 288 g/mol. The van der Waals surface area contributed by atoms with Crippen LogP contribution in [0.15, 0.2) is 41.3 Å². The van der Waals surface area contributed by atoms with Crippen molar-refractivity contribution in [1.82, 2.24) is 9.78 Å². The Morgan fingerprint density at radius 3 is 2.67 bits per heavy atom. The number of aromatic nitrogens is 2. The van der Waals surface area contributed by atoms with Crippen molar-refractivity contribution in [3.05, 3.63) is 52.4 Å². The first-order valence-electron chi connectivity index (χ1n) is 6.72. The molecular weight excluding hydrogens is 268 g/mol. The van der Waals surface area contributed by atoms with E-state index in [-0.39, 0.29) is 5.56 Å². The average Bonchev–Trinajstić information content (AvgIpc) is 2.49. The van der Waals surface area contributed by atoms with Gasteiger partial charge in [0.25, 0.3) is 5.56 Å². The van der Waals surface area contributed by atoms with Crippen LogP contribution in [0.3, 0.4) is 0 Å². The summed E-state index contributed by atoms with van der Waals surface area (Å²) in [6, 6.07) is 8.99. The molecule has 0 bridgehead atoms. The van der Waals surface area contributed by atoms with Crippen LogP contribution in [0.2, 0.25) is 0 Å². The molecule has 0 atom stereocenters. The van der Waals surface area contributed by atoms with Crippen LogP contribution in [-0.4, -0.2) is 37.1 Å². The van der Waals surface area contributed by atoms with Crippen molar-refractivity contribution < 1.29 is 4.74 Å². The van der Waals surface area contributed by atoms with Gasteiger partial charge in [-0.1, -0.05) is 12.1 Å². The van der Waals surface area contributed by atoms with Crippen LogP contribution in [0.25, 0.3) is 0 Å². The maximum Gasteiger partial charge on any atom is 0.269 e. The summed E-state index contributed by atoms with van der Waals surface area (Å²) in [6.07, 6.45) is 1.69. The zero-order chi connectivity index (χ0) is 15.2. The standard InChI is InChI=1S/C15H20N4O2/c1-18(7-8-21-2)14-9-15(20)19(17-10-14)11-12-3-5-13(16)6-4-12/h3-6,9-10H,7-8,11,16H2,1-2H3. The molecule has 0 aliphatic rings. The number of anilines is 2. The fourth-order valence-electron chi connectivity index (χ4n) is 1.90. The molecule has 0 unspecified atom stereocenters. The fraction of sp³-hybridized carbons (Fsp3) is 0.333. The van der Waals surface area contributed by atoms with E-state index in [1.807, 2.05) is 36.2 Å². The molecule has 0 fully saturated rings. The number of methoxy groups -OCH3 is 1. The fourth-order valence-corrected chi connectivity index (χ4v) is 1.90. The molecule has 2 rings (SSSR count). The maximum absolute atomic E-state index is 12.1. The molecule has 0 aliphatic heterocycles. The Balaban J connectivity index is 2.12. The van der Waals surface area contributed by atoms with E-state index in [1.54, 1.807) is 19.4 Å². The highest BCUT2D eigenvalue weighted by Crippen LogP contribution is 2.08. The Kier molecular flexibility index (Phi) is 4.94. The Morgan fingerprint density at radius 2 is 2.05 bits per heavy atom. The molecule has 2 N–H and O–H groups in total. The molecule has 1 aromatic heterocycles. The number of nitrogen functional groups attached to an aromatic ring is 1. The van der Waals surface area contributed by atoms with Crippen LogP contribution >= 0.6 is 0 Å². The Labute approximate surface area is 123 Å². The largest absolute Gasteiger partial charge is 0.399 e. The second kappa shape index (κ2) is 6.90. The number of ether oxygens (including phenoxy) is 1. The minimum Gasteiger partial charge on any atom is -0.399 e. The van der Waals surface area contributed by atoms with Gasteiger partial charge < -0.3 is 15.4 Å². The zero-order valence-electron chi connectivity index (χ0n) is 12.3. The Morgan fingerprint density at radius 1 is 1.33 bits per heavy atom. The van der Waals surface area contributed by atoms with E-state index < -0.39 is 0 Å². The van der Waals surface area contributed by atoms with E-state index in [4.69, 9.17) is 10.5 Å². The summed E-state index contributed by atoms with van der Waals surface area (Å²) in [6.45, 7) is 1.74. The van der Waals surface area contributed by atoms with E-state index in [9.17, 15) is 4.79 Å². The predicted octanol–water partition coefficient (Wildman–Crippen LogP) is 0.956. The lowest BCUT2D eigenvalue weighted by Crippen LogP contribution is -2.27. The number of likely N-dealkylation sites (N-methyl/N-ethyl adjacent to an activating group) is 1. The topological polar surface area (TPSA) is 73.4 Å². The van der Waals surface area contributed by atoms with Gasteiger partial charge in [0.1, 0.15) is 0 Å². The summed E-state index contributed by atoms with van der Waals surface area (Å²) in [5.74, 6) is 0. The van der Waals surface area contributed by atoms with E-state index >= 15 is 0 Å². The number of hydrogen-bond donors (Lipinski definition) is 1. The van der Waals surface area contributed by atoms with Crippen LogP contribution in [0, 0.1) is 0 Å². The molecular formula is C15H20N4O2. The molecule has 0 spiro atoms. The summed E-state index contributed by atoms with van der Waals surface area (Å²) in [5.41, 5.74) is 7.98. The normalized spacial score (nSPS) is 10.6. The van der Waals surface area contributed by atoms with Crippen molar-refractivity contribution in [3.8, 4) is 0 Å². The third-order valence-corrected chi connectivity index (χ3v) is 3.24. The van der Waals surface area contributed by atoms with Crippen LogP contribution in [0.5, 0.6) is 0 Å². The number of benzene rings is 1. The zero-order valence-corrected chi connectivity index (χ0v) is 12.3. The van der Waals surface area contributed by atoms with Crippen molar-refractivity contribution in [2.24, 2.45) is 0 Å². The molecule has 0 radical (unpaired) electrons. The SMILES string of the molecule is COCCN(C)c1cnn(Cc2ccc(N)cc2)c(=O)c1. The van der Waals surface area contributed by atoms with Gasteiger partial charge in [0.05, 0.1) is 25.0 Å². The highest BCUT2D eigenvalue weighted by molar-refractivity contribution is 5.42. The number of rotatable bonds is 6. The number of nitrogens with two attached hydrogens (primary N) is 1. The van der Waals surface area contributed by atoms with E-state index in [1.165, 1.54) is 4.68 Å². The first-order valence-corrected chi connectivity index (χ1v) is 6.72. The smallest absolute Gasteiger partial charge is 0.269 e. The first-order chi connectivity index (χ1) is 10.1. The lowest BCUT2D eigenvalue weighted by molar-refractivity contribution is 0.206. The second-order valence-corrected chi connectivity index (χ2v) is 4.87. The van der Waals surface area contributed by atoms with Crippen LogP contribution in [-0.2, 0) is 11.3 Å². The van der Waals surface area contributed by atoms with Gasteiger partial charge in [-0.05, 0) is 17.7 Å². The van der Waals surface area contributed by atoms with Gasteiger partial charge in [0, 0.05) is 32.5 Å². The van der Waals surface area contributed by atoms with Crippen LogP contribution < -0.4 is 16.2 Å². The third kappa shape index (κ3) is 4.06. The van der Waals surface area contributed by atoms with Gasteiger partial charge in [-0.15, -0.1) is 0 Å². The van der Waals surface area contributed by atoms with Crippen molar-refractivity contribution in [2.75, 3.05) is 37.9 Å². The summed E-state index contributed by atoms with van der Waals surface area (Å²) in [7, 11) is 3.55. The summed E-state index contributed by atoms with van der Waals surface area (Å²) >= 11 is 0. The van der Waals surface area contributed by atoms with E-state index in [0.717, 1.165) is 11.3 Å². The van der Waals surface area contributed by atoms with Gasteiger partial charge in [-0.2, -0.15) is 5.10 Å². The van der Waals surface area contributed by atoms with Gasteiger partial charge in [0.2, 0.25) is 0 Å². The van der Waals surface area contributed by atoms with E-state index in [2.05, 4.69) is 5.10 Å². The molecule has 1 aromatic carbocycles. The molecule has 0 amide bonds. The van der Waals surface area contributed by atoms with E-state index in [0.29, 0.717) is 25.4 Å². The maximum atomic E-state index is 12.1. The molecule has 0 saturated carbocycles. The number of nitrogens with zero attached hydrogens (tertiary/aromatic N) is 3. The lowest BCUT2D eigenvalue weighted by Gasteiger charge is -2.18. The Hall–Kier alpha value is -2.34. The lowest BCUT2D eigenvalue weighted by atomic mass is 10.2. The van der Waals surface area contributed by atoms with Crippen molar-refractivity contribution in [3.63, 3.8) is 0 Å². The minimum atomic E-state index is -0.131. The van der Waals surface area contributed by atoms with Crippen molar-refractivity contribution in [1.29, 1.82) is 0 Å². The molecule has 21 heavy (non-hydrogen) atoms. The summed E-state index contributed by atoms with van der Waals surface area (Å²) < 4.78 is 6.45. The second-order valence-electron chi connectivity index (χ2n) is 4.87. The van der Waals surface area contributed by atoms with Crippen LogP contribution in [0.4, 0.5) is 11.4 Å². The molecule has 0 saturated heterocycles. The third-order valence-electron chi connectivity index (χ3n) is 3.24. The summed E-state index contributed by atoms with van der Waals surface area (Å²) in [5, 5.41) is 4.22. The Bertz CT molecular complexity index is 637. The molecule has 0 aliphatic carbocycles. The van der Waals surface area contributed by atoms with Crippen molar-refractivity contribution >= 4 is 11.4 Å². The highest BCUT2D eigenvalue weighted by atomic mass is 16.5. The monoisotopic (exact) mass is 288 g/mol. The molecule has 112 valence electrons. The first kappa shape index (κ1) is 15.1. The highest BCUT2D eigenvalue weighted by Gasteiger charge is 2.05. The summed E-state index contributed by atoms with van der Waals surface area (Å²) in [4.78, 5) is 14.0. The van der Waals surface area contributed by atoms with Gasteiger partial charge in [-0.25, -0.2) is 4.68 Å². The van der Waals surface area contributed by atoms with Crippen LogP contribution in [0.1, 0.15) is 5.56 Å². The van der Waals surface area contributed by atoms with Gasteiger partial charge in [0.15, 0.2) is 0 Å². The van der Waals surface area contributed by atoms with Crippen molar-refractivity contribution in [2.45, 2.75) is 6.54 Å². The minimum absolute atomic E-state index is 0.131. The predicted molar refractivity (Wildman–Crippen MR) is 83.6 cm³/mol. The number of hydrogen-bond acceptors (Lipinski definition) is 5. The quantitative estimate of drug-likeness (QED) is 0.801. The molecule has 6 heteroatoms. The molecule has 2 aromatic rings. The molecule has 6 nitrogen and oxygen atoms in total.